The molecule has 96 valence electrons. The van der Waals surface area contributed by atoms with Crippen molar-refractivity contribution in [2.24, 2.45) is 0 Å². The van der Waals surface area contributed by atoms with E-state index in [0.29, 0.717) is 0 Å². The molecule has 0 fully saturated rings. The molecule has 0 unspecified atom stereocenters. The molecule has 0 saturated carbocycles. The van der Waals surface area contributed by atoms with Gasteiger partial charge in [-0.1, -0.05) is 29.8 Å². The van der Waals surface area contributed by atoms with Crippen LogP contribution in [-0.2, 0) is 6.42 Å². The lowest BCUT2D eigenvalue weighted by Gasteiger charge is -2.06. The maximum atomic E-state index is 4.47. The second-order valence-electron chi connectivity index (χ2n) is 4.61. The number of hydrogen-bond donors (Lipinski definition) is 1. The van der Waals surface area contributed by atoms with E-state index in [0.717, 1.165) is 24.4 Å². The molecule has 3 aromatic rings. The summed E-state index contributed by atoms with van der Waals surface area (Å²) >= 11 is 0. The molecule has 2 aromatic heterocycles. The number of aryl methyl sites for hydroxylation is 1. The molecule has 0 saturated heterocycles. The first-order valence-corrected chi connectivity index (χ1v) is 6.41. The Labute approximate surface area is 112 Å². The molecule has 0 aliphatic rings. The Bertz CT molecular complexity index is 687. The molecule has 2 heterocycles. The van der Waals surface area contributed by atoms with Gasteiger partial charge < -0.3 is 5.32 Å². The molecule has 0 atom stereocenters. The molecule has 1 aromatic carbocycles. The molecule has 0 aliphatic carbocycles. The smallest absolute Gasteiger partial charge is 0.157 e. The van der Waals surface area contributed by atoms with Gasteiger partial charge in [0, 0.05) is 18.8 Å². The van der Waals surface area contributed by atoms with Crippen LogP contribution in [0.5, 0.6) is 0 Å². The maximum Gasteiger partial charge on any atom is 0.157 e. The molecule has 0 bridgehead atoms. The van der Waals surface area contributed by atoms with Crippen LogP contribution >= 0.6 is 0 Å². The van der Waals surface area contributed by atoms with Crippen LogP contribution in [0.3, 0.4) is 0 Å². The van der Waals surface area contributed by atoms with Crippen LogP contribution in [0.4, 0.5) is 5.82 Å². The third-order valence-corrected chi connectivity index (χ3v) is 3.06. The predicted molar refractivity (Wildman–Crippen MR) is 76.4 cm³/mol. The summed E-state index contributed by atoms with van der Waals surface area (Å²) in [5.74, 6) is 0.889. The van der Waals surface area contributed by atoms with Gasteiger partial charge in [0.25, 0.3) is 0 Å². The number of nitrogens with one attached hydrogen (secondary N) is 1. The number of benzene rings is 1. The normalized spacial score (nSPS) is 10.8. The van der Waals surface area contributed by atoms with E-state index in [1.165, 1.54) is 11.1 Å². The van der Waals surface area contributed by atoms with Gasteiger partial charge in [0.15, 0.2) is 5.65 Å². The average Bonchev–Trinajstić information content (AvgIpc) is 2.86. The topological polar surface area (TPSA) is 42.2 Å². The van der Waals surface area contributed by atoms with E-state index in [1.54, 1.807) is 10.7 Å². The fourth-order valence-corrected chi connectivity index (χ4v) is 2.11. The lowest BCUT2D eigenvalue weighted by atomic mass is 10.1. The van der Waals surface area contributed by atoms with Gasteiger partial charge in [0.2, 0.25) is 0 Å². The summed E-state index contributed by atoms with van der Waals surface area (Å²) in [4.78, 5) is 4.47. The average molecular weight is 252 g/mol. The highest BCUT2D eigenvalue weighted by atomic mass is 15.2. The zero-order valence-electron chi connectivity index (χ0n) is 10.9. The van der Waals surface area contributed by atoms with E-state index in [9.17, 15) is 0 Å². The SMILES string of the molecule is Cc1cccc(CCNc2ccn3nccc3n2)c1. The largest absolute Gasteiger partial charge is 0.370 e. The van der Waals surface area contributed by atoms with Gasteiger partial charge in [-0.3, -0.25) is 0 Å². The highest BCUT2D eigenvalue weighted by molar-refractivity contribution is 5.45. The van der Waals surface area contributed by atoms with E-state index in [1.807, 2.05) is 18.3 Å². The van der Waals surface area contributed by atoms with E-state index in [4.69, 9.17) is 0 Å². The van der Waals surface area contributed by atoms with Crippen molar-refractivity contribution in [2.75, 3.05) is 11.9 Å². The molecule has 4 nitrogen and oxygen atoms in total. The van der Waals surface area contributed by atoms with E-state index >= 15 is 0 Å². The molecular weight excluding hydrogens is 236 g/mol. The second kappa shape index (κ2) is 5.10. The first-order valence-electron chi connectivity index (χ1n) is 6.41. The molecule has 0 radical (unpaired) electrons. The highest BCUT2D eigenvalue weighted by Crippen LogP contribution is 2.08. The van der Waals surface area contributed by atoms with Crippen LogP contribution in [0.2, 0.25) is 0 Å². The number of aromatic nitrogens is 3. The van der Waals surface area contributed by atoms with Crippen LogP contribution in [0.15, 0.2) is 48.8 Å². The van der Waals surface area contributed by atoms with Gasteiger partial charge in [0.05, 0.1) is 6.20 Å². The Kier molecular flexibility index (Phi) is 3.14. The Hall–Kier alpha value is -2.36. The van der Waals surface area contributed by atoms with Gasteiger partial charge in [-0.15, -0.1) is 0 Å². The summed E-state index contributed by atoms with van der Waals surface area (Å²) in [5.41, 5.74) is 3.51. The molecule has 0 aliphatic heterocycles. The van der Waals surface area contributed by atoms with Crippen molar-refractivity contribution in [3.8, 4) is 0 Å². The van der Waals surface area contributed by atoms with Gasteiger partial charge in [-0.2, -0.15) is 5.10 Å². The Morgan fingerprint density at radius 1 is 1.21 bits per heavy atom. The summed E-state index contributed by atoms with van der Waals surface area (Å²) < 4.78 is 1.76. The minimum atomic E-state index is 0.862. The molecule has 4 heteroatoms. The minimum Gasteiger partial charge on any atom is -0.370 e. The Morgan fingerprint density at radius 2 is 2.16 bits per heavy atom. The molecule has 0 amide bonds. The minimum absolute atomic E-state index is 0.862. The van der Waals surface area contributed by atoms with Crippen LogP contribution < -0.4 is 5.32 Å². The molecule has 1 N–H and O–H groups in total. The zero-order valence-corrected chi connectivity index (χ0v) is 10.9. The lowest BCUT2D eigenvalue weighted by molar-refractivity contribution is 0.932. The fourth-order valence-electron chi connectivity index (χ4n) is 2.11. The summed E-state index contributed by atoms with van der Waals surface area (Å²) in [5, 5.41) is 7.47. The van der Waals surface area contributed by atoms with Crippen molar-refractivity contribution >= 4 is 11.5 Å². The highest BCUT2D eigenvalue weighted by Gasteiger charge is 1.98. The first-order chi connectivity index (χ1) is 9.31. The number of fused-ring (bicyclic) bond motifs is 1. The van der Waals surface area contributed by atoms with E-state index < -0.39 is 0 Å². The maximum absolute atomic E-state index is 4.47. The van der Waals surface area contributed by atoms with Crippen LogP contribution in [-0.4, -0.2) is 21.1 Å². The van der Waals surface area contributed by atoms with Crippen molar-refractivity contribution in [1.82, 2.24) is 14.6 Å². The van der Waals surface area contributed by atoms with Crippen LogP contribution in [0.1, 0.15) is 11.1 Å². The van der Waals surface area contributed by atoms with Crippen LogP contribution in [0.25, 0.3) is 5.65 Å². The molecular formula is C15H16N4. The lowest BCUT2D eigenvalue weighted by Crippen LogP contribution is -2.07. The van der Waals surface area contributed by atoms with Gasteiger partial charge in [-0.05, 0) is 25.0 Å². The summed E-state index contributed by atoms with van der Waals surface area (Å²) in [7, 11) is 0. The Morgan fingerprint density at radius 3 is 3.05 bits per heavy atom. The van der Waals surface area contributed by atoms with Gasteiger partial charge >= 0.3 is 0 Å². The molecule has 19 heavy (non-hydrogen) atoms. The van der Waals surface area contributed by atoms with Crippen molar-refractivity contribution in [3.05, 3.63) is 59.9 Å². The number of rotatable bonds is 4. The third kappa shape index (κ3) is 2.73. The standard InChI is InChI=1S/C15H16N4/c1-12-3-2-4-13(11-12)5-8-16-14-7-10-19-15(18-14)6-9-17-19/h2-4,6-7,9-11H,5,8H2,1H3,(H,16,18). The predicted octanol–water partition coefficient (Wildman–Crippen LogP) is 2.69. The van der Waals surface area contributed by atoms with E-state index in [-0.39, 0.29) is 0 Å². The quantitative estimate of drug-likeness (QED) is 0.776. The van der Waals surface area contributed by atoms with Crippen molar-refractivity contribution < 1.29 is 0 Å². The van der Waals surface area contributed by atoms with Crippen LogP contribution in [0, 0.1) is 6.92 Å². The monoisotopic (exact) mass is 252 g/mol. The first kappa shape index (κ1) is 11.7. The zero-order chi connectivity index (χ0) is 13.1. The number of hydrogen-bond acceptors (Lipinski definition) is 3. The molecule has 3 rings (SSSR count). The third-order valence-electron chi connectivity index (χ3n) is 3.06. The van der Waals surface area contributed by atoms with Crippen molar-refractivity contribution in [1.29, 1.82) is 0 Å². The second-order valence-corrected chi connectivity index (χ2v) is 4.61. The summed E-state index contributed by atoms with van der Waals surface area (Å²) in [6, 6.07) is 12.4. The summed E-state index contributed by atoms with van der Waals surface area (Å²) in [6.45, 7) is 2.99. The van der Waals surface area contributed by atoms with Crippen molar-refractivity contribution in [2.45, 2.75) is 13.3 Å². The summed E-state index contributed by atoms with van der Waals surface area (Å²) in [6.07, 6.45) is 4.66. The van der Waals surface area contributed by atoms with Gasteiger partial charge in [0.1, 0.15) is 5.82 Å². The molecule has 0 spiro atoms. The fraction of sp³-hybridized carbons (Fsp3) is 0.200. The Balaban J connectivity index is 1.62. The van der Waals surface area contributed by atoms with Gasteiger partial charge in [-0.25, -0.2) is 9.50 Å². The number of nitrogens with zero attached hydrogens (tertiary/aromatic N) is 3. The van der Waals surface area contributed by atoms with Crippen molar-refractivity contribution in [3.63, 3.8) is 0 Å². The number of anilines is 1. The van der Waals surface area contributed by atoms with E-state index in [2.05, 4.69) is 46.6 Å².